The van der Waals surface area contributed by atoms with Crippen LogP contribution in [0, 0.1) is 11.3 Å². The van der Waals surface area contributed by atoms with E-state index in [4.69, 9.17) is 0 Å². The largest absolute Gasteiger partial charge is 0.451 e. The van der Waals surface area contributed by atoms with Crippen molar-refractivity contribution in [2.45, 2.75) is 69.9 Å². The van der Waals surface area contributed by atoms with Gasteiger partial charge in [-0.1, -0.05) is 0 Å². The number of nitriles is 1. The van der Waals surface area contributed by atoms with Gasteiger partial charge in [0, 0.05) is 67.6 Å². The molecule has 0 aromatic carbocycles. The minimum Gasteiger partial charge on any atom is -0.346 e. The fraction of sp³-hybridized carbons (Fsp3) is 0.500. The lowest BCUT2D eigenvalue weighted by atomic mass is 9.70. The van der Waals surface area contributed by atoms with E-state index in [9.17, 15) is 23.2 Å². The van der Waals surface area contributed by atoms with Crippen LogP contribution < -0.4 is 5.32 Å². The first-order chi connectivity index (χ1) is 21.3. The topological polar surface area (TPSA) is 145 Å². The van der Waals surface area contributed by atoms with E-state index >= 15 is 0 Å². The van der Waals surface area contributed by atoms with Crippen molar-refractivity contribution in [1.29, 1.82) is 5.26 Å². The van der Waals surface area contributed by atoms with E-state index in [0.717, 1.165) is 22.3 Å². The summed E-state index contributed by atoms with van der Waals surface area (Å²) < 4.78 is 42.6. The number of H-pyrrole nitrogens is 1. The van der Waals surface area contributed by atoms with Crippen LogP contribution in [0.15, 0.2) is 37.1 Å². The molecule has 1 aliphatic heterocycles. The molecule has 1 saturated heterocycles. The third-order valence-corrected chi connectivity index (χ3v) is 8.50. The molecule has 1 saturated carbocycles. The number of carbonyl (C=O) groups is 1. The van der Waals surface area contributed by atoms with Gasteiger partial charge in [0.15, 0.2) is 0 Å². The second-order valence-corrected chi connectivity index (χ2v) is 12.8. The van der Waals surface area contributed by atoms with E-state index < -0.39 is 23.4 Å². The molecular formula is C30H34F3N11O. The van der Waals surface area contributed by atoms with Gasteiger partial charge in [0.1, 0.15) is 17.7 Å². The first-order valence-electron chi connectivity index (χ1n) is 14.8. The molecule has 15 heteroatoms. The van der Waals surface area contributed by atoms with Crippen LogP contribution in [0.2, 0.25) is 0 Å². The Balaban J connectivity index is 1.11. The molecule has 45 heavy (non-hydrogen) atoms. The second-order valence-electron chi connectivity index (χ2n) is 12.8. The number of rotatable bonds is 7. The Morgan fingerprint density at radius 3 is 2.60 bits per heavy atom. The van der Waals surface area contributed by atoms with Crippen molar-refractivity contribution in [2.75, 3.05) is 26.2 Å². The van der Waals surface area contributed by atoms with Crippen molar-refractivity contribution in [2.24, 2.45) is 0 Å². The molecule has 5 heterocycles. The molecule has 12 nitrogen and oxygen atoms in total. The van der Waals surface area contributed by atoms with Gasteiger partial charge >= 0.3 is 6.18 Å². The van der Waals surface area contributed by atoms with Crippen LogP contribution in [0.25, 0.3) is 22.3 Å². The van der Waals surface area contributed by atoms with Gasteiger partial charge in [-0.05, 0) is 45.7 Å². The van der Waals surface area contributed by atoms with Crippen molar-refractivity contribution >= 4 is 16.9 Å². The summed E-state index contributed by atoms with van der Waals surface area (Å²) in [4.78, 5) is 36.2. The Kier molecular flexibility index (Phi) is 7.82. The van der Waals surface area contributed by atoms with Gasteiger partial charge in [-0.3, -0.25) is 14.4 Å². The number of fused-ring (bicyclic) bond motifs is 1. The normalized spacial score (nSPS) is 21.1. The van der Waals surface area contributed by atoms with Crippen molar-refractivity contribution in [3.05, 3.63) is 54.3 Å². The summed E-state index contributed by atoms with van der Waals surface area (Å²) in [5, 5.41) is 18.3. The molecule has 0 spiro atoms. The maximum atomic E-state index is 13.6. The van der Waals surface area contributed by atoms with Crippen LogP contribution in [0.1, 0.15) is 62.0 Å². The van der Waals surface area contributed by atoms with Crippen molar-refractivity contribution in [1.82, 2.24) is 49.8 Å². The number of amides is 1. The van der Waals surface area contributed by atoms with E-state index in [1.54, 1.807) is 11.1 Å². The van der Waals surface area contributed by atoms with E-state index in [2.05, 4.69) is 46.3 Å². The lowest BCUT2D eigenvalue weighted by molar-refractivity contribution is -0.145. The minimum absolute atomic E-state index is 0.0720. The Bertz CT molecular complexity index is 1740. The fourth-order valence-electron chi connectivity index (χ4n) is 6.07. The van der Waals surface area contributed by atoms with Gasteiger partial charge in [-0.25, -0.2) is 19.9 Å². The van der Waals surface area contributed by atoms with Gasteiger partial charge in [0.25, 0.3) is 5.91 Å². The average Bonchev–Trinajstić information content (AvgIpc) is 3.67. The van der Waals surface area contributed by atoms with Gasteiger partial charge in [0.2, 0.25) is 5.82 Å². The maximum Gasteiger partial charge on any atom is 0.451 e. The quantitative estimate of drug-likeness (QED) is 0.315. The van der Waals surface area contributed by atoms with E-state index in [-0.39, 0.29) is 29.5 Å². The van der Waals surface area contributed by atoms with Gasteiger partial charge in [-0.2, -0.15) is 23.5 Å². The molecule has 1 aliphatic carbocycles. The number of piperazine rings is 1. The molecule has 0 unspecified atom stereocenters. The molecule has 2 fully saturated rings. The highest BCUT2D eigenvalue weighted by molar-refractivity contribution is 5.92. The molecule has 4 aromatic rings. The summed E-state index contributed by atoms with van der Waals surface area (Å²) in [5.41, 5.74) is 1.38. The highest BCUT2D eigenvalue weighted by Crippen LogP contribution is 2.45. The van der Waals surface area contributed by atoms with E-state index in [1.807, 2.05) is 43.9 Å². The highest BCUT2D eigenvalue weighted by Gasteiger charge is 2.49. The number of carbonyl (C=O) groups excluding carboxylic acids is 1. The Hall–Kier alpha value is -4.42. The van der Waals surface area contributed by atoms with E-state index in [1.165, 1.54) is 12.4 Å². The number of halogens is 3. The van der Waals surface area contributed by atoms with Crippen LogP contribution in [0.4, 0.5) is 13.2 Å². The summed E-state index contributed by atoms with van der Waals surface area (Å²) in [6, 6.07) is 5.76. The summed E-state index contributed by atoms with van der Waals surface area (Å²) in [6.45, 7) is 7.58. The molecular weight excluding hydrogens is 587 g/mol. The molecule has 6 rings (SSSR count). The first-order valence-corrected chi connectivity index (χ1v) is 14.8. The van der Waals surface area contributed by atoms with Crippen LogP contribution in [0.5, 0.6) is 0 Å². The zero-order valence-corrected chi connectivity index (χ0v) is 25.3. The van der Waals surface area contributed by atoms with Gasteiger partial charge < -0.3 is 15.2 Å². The summed E-state index contributed by atoms with van der Waals surface area (Å²) in [7, 11) is 0. The van der Waals surface area contributed by atoms with Crippen molar-refractivity contribution < 1.29 is 18.0 Å². The fourth-order valence-corrected chi connectivity index (χ4v) is 6.07. The number of aromatic amines is 1. The second kappa shape index (κ2) is 11.5. The predicted molar refractivity (Wildman–Crippen MR) is 157 cm³/mol. The monoisotopic (exact) mass is 621 g/mol. The lowest BCUT2D eigenvalue weighted by Gasteiger charge is -2.52. The van der Waals surface area contributed by atoms with Crippen LogP contribution in [-0.2, 0) is 18.3 Å². The smallest absolute Gasteiger partial charge is 0.346 e. The number of nitrogens with one attached hydrogen (secondary N) is 2. The third kappa shape index (κ3) is 6.25. The maximum absolute atomic E-state index is 13.6. The Labute approximate surface area is 257 Å². The Morgan fingerprint density at radius 1 is 1.16 bits per heavy atom. The highest BCUT2D eigenvalue weighted by atomic mass is 19.4. The average molecular weight is 622 g/mol. The lowest BCUT2D eigenvalue weighted by Crippen LogP contribution is -2.60. The number of alkyl halides is 3. The summed E-state index contributed by atoms with van der Waals surface area (Å²) in [6.07, 6.45) is 3.95. The molecule has 0 bridgehead atoms. The van der Waals surface area contributed by atoms with Gasteiger partial charge in [0.05, 0.1) is 35.6 Å². The van der Waals surface area contributed by atoms with Crippen LogP contribution in [0.3, 0.4) is 0 Å². The van der Waals surface area contributed by atoms with Crippen LogP contribution in [-0.4, -0.2) is 88.2 Å². The minimum atomic E-state index is -4.77. The first kappa shape index (κ1) is 30.6. The third-order valence-electron chi connectivity index (χ3n) is 8.50. The Morgan fingerprint density at radius 2 is 1.91 bits per heavy atom. The molecule has 0 radical (unpaired) electrons. The zero-order chi connectivity index (χ0) is 32.0. The molecule has 4 aromatic heterocycles. The standard InChI is InChI=1S/C30H34F3N11O/c1-28(2,3)38-16-20-12-23(41-27(40-20)30(31,32)33)26(45)43-10-8-42(9-11-43)21-13-29(14-21,5-6-34)44-17-19(15-39-44)24-22-4-7-35-25(22)37-18-36-24/h4,7,12,15,17-18,21,38H,5,8-11,13-14,16H2,1-3H3,(H,35,36,37)/t21-,29-. The van der Waals surface area contributed by atoms with Crippen molar-refractivity contribution in [3.8, 4) is 17.3 Å². The molecule has 2 N–H and O–H groups in total. The SMILES string of the molecule is CC(C)(C)NCc1cc(C(=O)N2CCN([C@H]3C[C@](CC#N)(n4cc(-c5ncnc6[nH]ccc56)cn4)C3)CC2)nc(C(F)(F)F)n1. The molecule has 1 amide bonds. The molecule has 2 aliphatic rings. The molecule has 0 atom stereocenters. The molecule has 236 valence electrons. The summed E-state index contributed by atoms with van der Waals surface area (Å²) >= 11 is 0. The summed E-state index contributed by atoms with van der Waals surface area (Å²) in [5.74, 6) is -1.86. The van der Waals surface area contributed by atoms with Crippen LogP contribution >= 0.6 is 0 Å². The number of hydrogen-bond donors (Lipinski definition) is 2. The van der Waals surface area contributed by atoms with Gasteiger partial charge in [-0.15, -0.1) is 0 Å². The zero-order valence-electron chi connectivity index (χ0n) is 25.3. The van der Waals surface area contributed by atoms with Crippen molar-refractivity contribution in [3.63, 3.8) is 0 Å². The number of aromatic nitrogens is 7. The van der Waals surface area contributed by atoms with E-state index in [0.29, 0.717) is 45.4 Å². The predicted octanol–water partition coefficient (Wildman–Crippen LogP) is 3.75. The number of hydrogen-bond acceptors (Lipinski definition) is 9. The number of nitrogens with zero attached hydrogens (tertiary/aromatic N) is 9.